The first-order valence-electron chi connectivity index (χ1n) is 10.7. The lowest BCUT2D eigenvalue weighted by molar-refractivity contribution is -0.126. The molecule has 1 heterocycles. The highest BCUT2D eigenvalue weighted by molar-refractivity contribution is 6.21. The molecule has 150 valence electrons. The van der Waals surface area contributed by atoms with Crippen molar-refractivity contribution < 1.29 is 14.4 Å². The molecule has 1 saturated carbocycles. The fourth-order valence-electron chi connectivity index (χ4n) is 4.88. The Morgan fingerprint density at radius 1 is 0.793 bits per heavy atom. The number of hydrogen-bond donors (Lipinski definition) is 0. The van der Waals surface area contributed by atoms with Crippen LogP contribution >= 0.6 is 0 Å². The predicted octanol–water partition coefficient (Wildman–Crippen LogP) is 4.92. The maximum atomic E-state index is 13.3. The third kappa shape index (κ3) is 3.64. The standard InChI is InChI=1S/C25H27NO3/c27-22(25(16-8-2-9-17-25)19-11-3-1-4-12-19)15-7-10-18-26-23(28)20-13-5-6-14-21(20)24(26)29/h1,3-6,11-14H,2,7-10,15-18H2. The zero-order valence-corrected chi connectivity index (χ0v) is 16.7. The summed E-state index contributed by atoms with van der Waals surface area (Å²) in [6, 6.07) is 17.1. The van der Waals surface area contributed by atoms with Gasteiger partial charge in [0.2, 0.25) is 0 Å². The summed E-state index contributed by atoms with van der Waals surface area (Å²) in [7, 11) is 0. The van der Waals surface area contributed by atoms with E-state index in [1.807, 2.05) is 18.2 Å². The van der Waals surface area contributed by atoms with E-state index in [0.29, 0.717) is 42.7 Å². The van der Waals surface area contributed by atoms with Crippen LogP contribution in [0.3, 0.4) is 0 Å². The van der Waals surface area contributed by atoms with Crippen molar-refractivity contribution >= 4 is 17.6 Å². The highest BCUT2D eigenvalue weighted by Gasteiger charge is 2.40. The first kappa shape index (κ1) is 19.6. The van der Waals surface area contributed by atoms with Crippen LogP contribution in [0.2, 0.25) is 0 Å². The molecule has 4 rings (SSSR count). The van der Waals surface area contributed by atoms with Gasteiger partial charge in [-0.1, -0.05) is 61.7 Å². The Morgan fingerprint density at radius 2 is 1.38 bits per heavy atom. The van der Waals surface area contributed by atoms with E-state index in [1.54, 1.807) is 24.3 Å². The van der Waals surface area contributed by atoms with Gasteiger partial charge in [0.1, 0.15) is 5.78 Å². The first-order valence-corrected chi connectivity index (χ1v) is 10.7. The van der Waals surface area contributed by atoms with E-state index in [4.69, 9.17) is 0 Å². The number of hydrogen-bond acceptors (Lipinski definition) is 3. The first-order chi connectivity index (χ1) is 14.1. The zero-order chi connectivity index (χ0) is 20.3. The Kier molecular flexibility index (Phi) is 5.61. The number of carbonyl (C=O) groups is 3. The summed E-state index contributed by atoms with van der Waals surface area (Å²) < 4.78 is 0. The molecule has 29 heavy (non-hydrogen) atoms. The number of benzene rings is 2. The second kappa shape index (κ2) is 8.32. The van der Waals surface area contributed by atoms with E-state index >= 15 is 0 Å². The minimum atomic E-state index is -0.352. The van der Waals surface area contributed by atoms with Gasteiger partial charge in [0.25, 0.3) is 11.8 Å². The molecule has 2 amide bonds. The fourth-order valence-corrected chi connectivity index (χ4v) is 4.88. The van der Waals surface area contributed by atoms with Crippen LogP contribution < -0.4 is 0 Å². The number of nitrogens with zero attached hydrogens (tertiary/aromatic N) is 1. The molecule has 2 aliphatic rings. The van der Waals surface area contributed by atoms with Crippen molar-refractivity contribution in [1.82, 2.24) is 4.90 Å². The van der Waals surface area contributed by atoms with E-state index in [1.165, 1.54) is 11.3 Å². The number of unbranched alkanes of at least 4 members (excludes halogenated alkanes) is 1. The molecule has 0 spiro atoms. The second-order valence-electron chi connectivity index (χ2n) is 8.20. The van der Waals surface area contributed by atoms with E-state index in [0.717, 1.165) is 31.2 Å². The number of Topliss-reactive ketones (excluding diaryl/α,β-unsaturated/α-hetero) is 1. The molecule has 1 aliphatic heterocycles. The van der Waals surface area contributed by atoms with Crippen LogP contribution in [-0.2, 0) is 10.2 Å². The number of rotatable bonds is 7. The van der Waals surface area contributed by atoms with Crippen LogP contribution in [-0.4, -0.2) is 29.0 Å². The van der Waals surface area contributed by atoms with Crippen molar-refractivity contribution in [3.8, 4) is 0 Å². The highest BCUT2D eigenvalue weighted by Crippen LogP contribution is 2.41. The lowest BCUT2D eigenvalue weighted by Gasteiger charge is -2.36. The maximum absolute atomic E-state index is 13.3. The minimum Gasteiger partial charge on any atom is -0.299 e. The minimum absolute atomic E-state index is 0.218. The molecule has 0 N–H and O–H groups in total. The average Bonchev–Trinajstić information content (AvgIpc) is 3.02. The number of ketones is 1. The Morgan fingerprint density at radius 3 is 2.00 bits per heavy atom. The summed E-state index contributed by atoms with van der Waals surface area (Å²) in [5.41, 5.74) is 1.76. The monoisotopic (exact) mass is 389 g/mol. The molecule has 0 unspecified atom stereocenters. The summed E-state index contributed by atoms with van der Waals surface area (Å²) in [6.07, 6.45) is 7.08. The van der Waals surface area contributed by atoms with Crippen molar-refractivity contribution in [1.29, 1.82) is 0 Å². The topological polar surface area (TPSA) is 54.5 Å². The van der Waals surface area contributed by atoms with Gasteiger partial charge in [0.15, 0.2) is 0 Å². The molecule has 0 aromatic heterocycles. The summed E-state index contributed by atoms with van der Waals surface area (Å²) in [6.45, 7) is 0.373. The van der Waals surface area contributed by atoms with E-state index < -0.39 is 0 Å². The summed E-state index contributed by atoms with van der Waals surface area (Å²) in [5.74, 6) is -0.124. The molecular weight excluding hydrogens is 362 g/mol. The molecule has 2 aromatic rings. The molecule has 2 aromatic carbocycles. The Hall–Kier alpha value is -2.75. The van der Waals surface area contributed by atoms with Gasteiger partial charge in [-0.25, -0.2) is 0 Å². The SMILES string of the molecule is O=C1c2ccccc2C(=O)N1CCCCC(=O)C1(c2ccccc2)CCCCC1. The summed E-state index contributed by atoms with van der Waals surface area (Å²) >= 11 is 0. The van der Waals surface area contributed by atoms with Crippen LogP contribution in [0.1, 0.15) is 77.6 Å². The molecule has 1 fully saturated rings. The van der Waals surface area contributed by atoms with Gasteiger partial charge in [0.05, 0.1) is 16.5 Å². The number of carbonyl (C=O) groups excluding carboxylic acids is 3. The lowest BCUT2D eigenvalue weighted by Crippen LogP contribution is -2.38. The number of imide groups is 1. The van der Waals surface area contributed by atoms with Gasteiger partial charge in [-0.3, -0.25) is 19.3 Å². The van der Waals surface area contributed by atoms with Crippen LogP contribution in [0.4, 0.5) is 0 Å². The second-order valence-corrected chi connectivity index (χ2v) is 8.20. The molecule has 0 bridgehead atoms. The maximum Gasteiger partial charge on any atom is 0.261 e. The van der Waals surface area contributed by atoms with Gasteiger partial charge in [-0.15, -0.1) is 0 Å². The van der Waals surface area contributed by atoms with Crippen LogP contribution in [0.15, 0.2) is 54.6 Å². The van der Waals surface area contributed by atoms with Crippen molar-refractivity contribution in [2.75, 3.05) is 6.54 Å². The molecule has 0 saturated heterocycles. The van der Waals surface area contributed by atoms with E-state index in [2.05, 4.69) is 12.1 Å². The van der Waals surface area contributed by atoms with Crippen molar-refractivity contribution in [2.45, 2.75) is 56.8 Å². The van der Waals surface area contributed by atoms with E-state index in [-0.39, 0.29) is 17.2 Å². The average molecular weight is 389 g/mol. The molecule has 0 radical (unpaired) electrons. The van der Waals surface area contributed by atoms with Gasteiger partial charge < -0.3 is 0 Å². The van der Waals surface area contributed by atoms with Crippen LogP contribution in [0, 0.1) is 0 Å². The third-order valence-electron chi connectivity index (χ3n) is 6.48. The quantitative estimate of drug-likeness (QED) is 0.499. The van der Waals surface area contributed by atoms with Gasteiger partial charge in [0, 0.05) is 13.0 Å². The molecular formula is C25H27NO3. The highest BCUT2D eigenvalue weighted by atomic mass is 16.2. The van der Waals surface area contributed by atoms with Crippen LogP contribution in [0.25, 0.3) is 0 Å². The Bertz CT molecular complexity index is 878. The fraction of sp³-hybridized carbons (Fsp3) is 0.400. The smallest absolute Gasteiger partial charge is 0.261 e. The third-order valence-corrected chi connectivity index (χ3v) is 6.48. The summed E-state index contributed by atoms with van der Waals surface area (Å²) in [4.78, 5) is 39.5. The Balaban J connectivity index is 1.36. The zero-order valence-electron chi connectivity index (χ0n) is 16.7. The van der Waals surface area contributed by atoms with Crippen LogP contribution in [0.5, 0.6) is 0 Å². The van der Waals surface area contributed by atoms with Gasteiger partial charge in [-0.05, 0) is 43.4 Å². The Labute approximate surface area is 171 Å². The number of fused-ring (bicyclic) bond motifs is 1. The number of amides is 2. The largest absolute Gasteiger partial charge is 0.299 e. The molecule has 0 atom stereocenters. The van der Waals surface area contributed by atoms with E-state index in [9.17, 15) is 14.4 Å². The molecule has 1 aliphatic carbocycles. The van der Waals surface area contributed by atoms with Crippen molar-refractivity contribution in [3.05, 3.63) is 71.3 Å². The van der Waals surface area contributed by atoms with Gasteiger partial charge in [-0.2, -0.15) is 0 Å². The molecule has 4 heteroatoms. The predicted molar refractivity (Wildman–Crippen MR) is 112 cm³/mol. The summed E-state index contributed by atoms with van der Waals surface area (Å²) in [5, 5.41) is 0. The lowest BCUT2D eigenvalue weighted by atomic mass is 9.66. The molecule has 4 nitrogen and oxygen atoms in total. The van der Waals surface area contributed by atoms with Gasteiger partial charge >= 0.3 is 0 Å². The normalized spacial score (nSPS) is 18.0. The van der Waals surface area contributed by atoms with Crippen molar-refractivity contribution in [3.63, 3.8) is 0 Å². The van der Waals surface area contributed by atoms with Crippen molar-refractivity contribution in [2.24, 2.45) is 0 Å².